The Labute approximate surface area is 91.9 Å². The Kier molecular flexibility index (Phi) is 7.96. The van der Waals surface area contributed by atoms with E-state index in [1.165, 1.54) is 0 Å². The van der Waals surface area contributed by atoms with Gasteiger partial charge < -0.3 is 20.1 Å². The number of ether oxygens (including phenoxy) is 1. The third-order valence-corrected chi connectivity index (χ3v) is 2.55. The van der Waals surface area contributed by atoms with Crippen molar-refractivity contribution in [3.63, 3.8) is 0 Å². The molecule has 0 bridgehead atoms. The van der Waals surface area contributed by atoms with Gasteiger partial charge in [-0.2, -0.15) is 0 Å². The number of rotatable bonds is 9. The van der Waals surface area contributed by atoms with E-state index in [4.69, 9.17) is 9.84 Å². The summed E-state index contributed by atoms with van der Waals surface area (Å²) in [6.45, 7) is 3.77. The average molecular weight is 220 g/mol. The lowest BCUT2D eigenvalue weighted by atomic mass is 10.1. The molecule has 4 nitrogen and oxygen atoms in total. The van der Waals surface area contributed by atoms with Gasteiger partial charge in [-0.1, -0.05) is 33.1 Å². The summed E-state index contributed by atoms with van der Waals surface area (Å²) in [4.78, 5) is 0. The van der Waals surface area contributed by atoms with Crippen molar-refractivity contribution >= 4 is 0 Å². The second-order valence-electron chi connectivity index (χ2n) is 3.81. The number of aliphatic hydroxyl groups is 3. The first-order chi connectivity index (χ1) is 7.10. The van der Waals surface area contributed by atoms with Crippen molar-refractivity contribution in [3.8, 4) is 0 Å². The molecule has 4 heteroatoms. The van der Waals surface area contributed by atoms with Gasteiger partial charge in [0.25, 0.3) is 0 Å². The number of unbranched alkanes of at least 4 members (excludes halogenated alkanes) is 3. The first-order valence-electron chi connectivity index (χ1n) is 5.76. The van der Waals surface area contributed by atoms with Gasteiger partial charge in [-0.15, -0.1) is 0 Å². The zero-order chi connectivity index (χ0) is 11.7. The van der Waals surface area contributed by atoms with Crippen molar-refractivity contribution < 1.29 is 20.1 Å². The molecule has 0 saturated heterocycles. The molecule has 0 heterocycles. The third-order valence-electron chi connectivity index (χ3n) is 2.55. The van der Waals surface area contributed by atoms with Crippen LogP contribution in [0.4, 0.5) is 0 Å². The summed E-state index contributed by atoms with van der Waals surface area (Å²) in [5, 5.41) is 27.9. The van der Waals surface area contributed by atoms with Crippen LogP contribution in [0.2, 0.25) is 0 Å². The summed E-state index contributed by atoms with van der Waals surface area (Å²) in [5.74, 6) is -1.60. The van der Waals surface area contributed by atoms with Crippen LogP contribution in [0.3, 0.4) is 0 Å². The predicted octanol–water partition coefficient (Wildman–Crippen LogP) is 1.04. The van der Waals surface area contributed by atoms with E-state index in [-0.39, 0.29) is 6.42 Å². The minimum Gasteiger partial charge on any atom is -0.393 e. The molecule has 0 aliphatic heterocycles. The van der Waals surface area contributed by atoms with Crippen LogP contribution in [0.25, 0.3) is 0 Å². The van der Waals surface area contributed by atoms with Gasteiger partial charge >= 0.3 is 0 Å². The number of hydrogen-bond acceptors (Lipinski definition) is 4. The van der Waals surface area contributed by atoms with Crippen molar-refractivity contribution in [2.24, 2.45) is 0 Å². The Bertz CT molecular complexity index is 152. The number of hydrogen-bond donors (Lipinski definition) is 3. The van der Waals surface area contributed by atoms with Crippen LogP contribution < -0.4 is 0 Å². The maximum atomic E-state index is 9.81. The Balaban J connectivity index is 3.78. The lowest BCUT2D eigenvalue weighted by Crippen LogP contribution is -2.46. The Morgan fingerprint density at radius 2 is 1.87 bits per heavy atom. The van der Waals surface area contributed by atoms with Gasteiger partial charge in [0.05, 0.1) is 13.2 Å². The molecule has 0 amide bonds. The lowest BCUT2D eigenvalue weighted by molar-refractivity contribution is -0.264. The largest absolute Gasteiger partial charge is 0.393 e. The van der Waals surface area contributed by atoms with Crippen LogP contribution in [0.1, 0.15) is 46.0 Å². The van der Waals surface area contributed by atoms with Gasteiger partial charge in [0.15, 0.2) is 5.79 Å². The zero-order valence-corrected chi connectivity index (χ0v) is 9.78. The Morgan fingerprint density at radius 1 is 1.20 bits per heavy atom. The van der Waals surface area contributed by atoms with Gasteiger partial charge in [0.1, 0.15) is 6.10 Å². The monoisotopic (exact) mass is 220 g/mol. The third kappa shape index (κ3) is 5.47. The summed E-state index contributed by atoms with van der Waals surface area (Å²) >= 11 is 0. The van der Waals surface area contributed by atoms with E-state index in [1.807, 2.05) is 0 Å². The lowest BCUT2D eigenvalue weighted by Gasteiger charge is -2.30. The zero-order valence-electron chi connectivity index (χ0n) is 9.78. The highest BCUT2D eigenvalue weighted by molar-refractivity contribution is 4.74. The van der Waals surface area contributed by atoms with E-state index in [0.717, 1.165) is 25.7 Å². The highest BCUT2D eigenvalue weighted by atomic mass is 16.6. The molecule has 0 aliphatic carbocycles. The minimum absolute atomic E-state index is 0.266. The molecule has 0 fully saturated rings. The fourth-order valence-corrected chi connectivity index (χ4v) is 1.35. The summed E-state index contributed by atoms with van der Waals surface area (Å²) in [5.41, 5.74) is 0. The average Bonchev–Trinajstić information content (AvgIpc) is 2.27. The highest BCUT2D eigenvalue weighted by Crippen LogP contribution is 2.18. The van der Waals surface area contributed by atoms with E-state index in [9.17, 15) is 10.2 Å². The van der Waals surface area contributed by atoms with Crippen molar-refractivity contribution in [2.75, 3.05) is 13.2 Å². The molecular formula is C11H24O4. The fourth-order valence-electron chi connectivity index (χ4n) is 1.35. The molecule has 15 heavy (non-hydrogen) atoms. The van der Waals surface area contributed by atoms with Gasteiger partial charge in [0, 0.05) is 6.42 Å². The molecule has 0 spiro atoms. The summed E-state index contributed by atoms with van der Waals surface area (Å²) in [6.07, 6.45) is 3.27. The topological polar surface area (TPSA) is 69.9 Å². The molecule has 0 aromatic rings. The molecule has 0 aromatic carbocycles. The van der Waals surface area contributed by atoms with E-state index in [0.29, 0.717) is 6.61 Å². The Morgan fingerprint density at radius 3 is 2.33 bits per heavy atom. The molecule has 0 aromatic heterocycles. The van der Waals surface area contributed by atoms with Crippen molar-refractivity contribution in [1.29, 1.82) is 0 Å². The molecule has 92 valence electrons. The predicted molar refractivity (Wildman–Crippen MR) is 58.4 cm³/mol. The van der Waals surface area contributed by atoms with E-state index >= 15 is 0 Å². The SMILES string of the molecule is CCCCCCOC(O)(CC)C(O)CO. The van der Waals surface area contributed by atoms with Gasteiger partial charge in [0.2, 0.25) is 0 Å². The Hall–Kier alpha value is -0.160. The first-order valence-corrected chi connectivity index (χ1v) is 5.76. The van der Waals surface area contributed by atoms with Crippen LogP contribution in [0, 0.1) is 0 Å². The van der Waals surface area contributed by atoms with Gasteiger partial charge in [-0.05, 0) is 6.42 Å². The quantitative estimate of drug-likeness (QED) is 0.401. The standard InChI is InChI=1S/C11H24O4/c1-3-5-6-7-8-15-11(14,4-2)10(13)9-12/h10,12-14H,3-9H2,1-2H3. The van der Waals surface area contributed by atoms with Crippen molar-refractivity contribution in [3.05, 3.63) is 0 Å². The highest BCUT2D eigenvalue weighted by Gasteiger charge is 2.34. The molecule has 0 saturated carbocycles. The van der Waals surface area contributed by atoms with Crippen LogP contribution in [-0.2, 0) is 4.74 Å². The van der Waals surface area contributed by atoms with E-state index in [2.05, 4.69) is 6.92 Å². The maximum Gasteiger partial charge on any atom is 0.193 e. The van der Waals surface area contributed by atoms with Crippen LogP contribution in [-0.4, -0.2) is 40.4 Å². The molecular weight excluding hydrogens is 196 g/mol. The second-order valence-corrected chi connectivity index (χ2v) is 3.81. The summed E-state index contributed by atoms with van der Waals surface area (Å²) < 4.78 is 5.22. The van der Waals surface area contributed by atoms with Crippen molar-refractivity contribution in [2.45, 2.75) is 57.8 Å². The summed E-state index contributed by atoms with van der Waals surface area (Å²) in [6, 6.07) is 0. The minimum atomic E-state index is -1.60. The molecule has 0 aliphatic rings. The fraction of sp³-hybridized carbons (Fsp3) is 1.00. The maximum absolute atomic E-state index is 9.81. The molecule has 2 unspecified atom stereocenters. The second kappa shape index (κ2) is 8.05. The normalized spacial score (nSPS) is 17.4. The smallest absolute Gasteiger partial charge is 0.193 e. The van der Waals surface area contributed by atoms with Crippen LogP contribution >= 0.6 is 0 Å². The van der Waals surface area contributed by atoms with Crippen molar-refractivity contribution in [1.82, 2.24) is 0 Å². The van der Waals surface area contributed by atoms with E-state index < -0.39 is 18.5 Å². The molecule has 0 rings (SSSR count). The van der Waals surface area contributed by atoms with Gasteiger partial charge in [-0.3, -0.25) is 0 Å². The van der Waals surface area contributed by atoms with Crippen LogP contribution in [0.5, 0.6) is 0 Å². The molecule has 0 radical (unpaired) electrons. The van der Waals surface area contributed by atoms with E-state index in [1.54, 1.807) is 6.92 Å². The molecule has 2 atom stereocenters. The first kappa shape index (κ1) is 14.8. The van der Waals surface area contributed by atoms with Gasteiger partial charge in [-0.25, -0.2) is 0 Å². The summed E-state index contributed by atoms with van der Waals surface area (Å²) in [7, 11) is 0. The number of aliphatic hydroxyl groups excluding tert-OH is 2. The van der Waals surface area contributed by atoms with Crippen LogP contribution in [0.15, 0.2) is 0 Å². The molecule has 3 N–H and O–H groups in total.